The van der Waals surface area contributed by atoms with Crippen molar-refractivity contribution in [2.45, 2.75) is 13.0 Å². The van der Waals surface area contributed by atoms with E-state index >= 15 is 0 Å². The molecule has 6 nitrogen and oxygen atoms in total. The molecule has 1 fully saturated rings. The number of Topliss-reactive ketones (excluding diaryl/α,β-unsaturated/α-hetero) is 1. The van der Waals surface area contributed by atoms with Gasteiger partial charge in [-0.1, -0.05) is 23.7 Å². The number of nitrogens with zero attached hydrogens (tertiary/aromatic N) is 1. The van der Waals surface area contributed by atoms with E-state index in [1.54, 1.807) is 61.5 Å². The second-order valence-electron chi connectivity index (χ2n) is 6.83. The summed E-state index contributed by atoms with van der Waals surface area (Å²) < 4.78 is 10.9. The fourth-order valence-electron chi connectivity index (χ4n) is 3.50. The molecule has 152 valence electrons. The zero-order chi connectivity index (χ0) is 21.4. The molecule has 2 aromatic carbocycles. The second-order valence-corrected chi connectivity index (χ2v) is 7.26. The molecule has 4 rings (SSSR count). The first-order valence-corrected chi connectivity index (χ1v) is 9.56. The van der Waals surface area contributed by atoms with Crippen LogP contribution in [0.4, 0.5) is 5.69 Å². The van der Waals surface area contributed by atoms with Gasteiger partial charge in [-0.2, -0.15) is 0 Å². The molecular weight excluding hydrogens is 406 g/mol. The molecule has 1 N–H and O–H groups in total. The number of aliphatic hydroxyl groups is 1. The van der Waals surface area contributed by atoms with Gasteiger partial charge in [-0.25, -0.2) is 0 Å². The number of benzene rings is 2. The first kappa shape index (κ1) is 19.8. The van der Waals surface area contributed by atoms with Crippen LogP contribution in [0, 0.1) is 6.92 Å². The molecular formula is C23H18ClNO5. The highest BCUT2D eigenvalue weighted by molar-refractivity contribution is 6.51. The van der Waals surface area contributed by atoms with E-state index in [0.29, 0.717) is 33.5 Å². The lowest BCUT2D eigenvalue weighted by molar-refractivity contribution is -0.132. The van der Waals surface area contributed by atoms with E-state index in [0.717, 1.165) is 0 Å². The summed E-state index contributed by atoms with van der Waals surface area (Å²) >= 11 is 6.04. The van der Waals surface area contributed by atoms with Gasteiger partial charge in [0.05, 0.1) is 12.7 Å². The van der Waals surface area contributed by atoms with E-state index in [-0.39, 0.29) is 11.3 Å². The van der Waals surface area contributed by atoms with Crippen molar-refractivity contribution in [2.75, 3.05) is 12.0 Å². The lowest BCUT2D eigenvalue weighted by Gasteiger charge is -2.23. The fourth-order valence-corrected chi connectivity index (χ4v) is 3.69. The molecule has 30 heavy (non-hydrogen) atoms. The van der Waals surface area contributed by atoms with Gasteiger partial charge in [-0.15, -0.1) is 0 Å². The number of hydrogen-bond acceptors (Lipinski definition) is 5. The summed E-state index contributed by atoms with van der Waals surface area (Å²) in [6, 6.07) is 15.7. The lowest BCUT2D eigenvalue weighted by atomic mass is 9.99. The van der Waals surface area contributed by atoms with Crippen molar-refractivity contribution in [3.05, 3.63) is 88.3 Å². The number of hydrogen-bond donors (Lipinski definition) is 1. The van der Waals surface area contributed by atoms with Crippen LogP contribution in [0.25, 0.3) is 5.76 Å². The molecule has 0 radical (unpaired) electrons. The van der Waals surface area contributed by atoms with Crippen LogP contribution in [-0.4, -0.2) is 23.9 Å². The zero-order valence-electron chi connectivity index (χ0n) is 16.3. The molecule has 0 spiro atoms. The number of ether oxygens (including phenoxy) is 1. The van der Waals surface area contributed by atoms with Crippen LogP contribution >= 0.6 is 11.6 Å². The van der Waals surface area contributed by atoms with Crippen LogP contribution in [0.3, 0.4) is 0 Å². The average Bonchev–Trinajstić information content (AvgIpc) is 3.29. The van der Waals surface area contributed by atoms with Crippen LogP contribution in [-0.2, 0) is 9.59 Å². The van der Waals surface area contributed by atoms with Gasteiger partial charge in [0.1, 0.15) is 29.1 Å². The van der Waals surface area contributed by atoms with Crippen LogP contribution in [0.2, 0.25) is 5.02 Å². The number of rotatable bonds is 4. The van der Waals surface area contributed by atoms with Crippen LogP contribution in [0.1, 0.15) is 23.1 Å². The van der Waals surface area contributed by atoms with Gasteiger partial charge in [-0.05, 0) is 55.5 Å². The molecule has 1 saturated heterocycles. The highest BCUT2D eigenvalue weighted by Crippen LogP contribution is 2.43. The van der Waals surface area contributed by atoms with Crippen molar-refractivity contribution < 1.29 is 23.8 Å². The van der Waals surface area contributed by atoms with Crippen molar-refractivity contribution in [1.29, 1.82) is 0 Å². The van der Waals surface area contributed by atoms with Gasteiger partial charge in [-0.3, -0.25) is 14.5 Å². The summed E-state index contributed by atoms with van der Waals surface area (Å²) in [5.74, 6) is -0.283. The Balaban J connectivity index is 1.91. The van der Waals surface area contributed by atoms with Crippen LogP contribution in [0.5, 0.6) is 5.75 Å². The topological polar surface area (TPSA) is 80.0 Å². The minimum atomic E-state index is -0.925. The molecule has 2 heterocycles. The zero-order valence-corrected chi connectivity index (χ0v) is 17.0. The summed E-state index contributed by atoms with van der Waals surface area (Å²) in [6.07, 6.45) is 0. The molecule has 1 aliphatic heterocycles. The molecule has 1 amide bonds. The van der Waals surface area contributed by atoms with Gasteiger partial charge < -0.3 is 14.3 Å². The number of carbonyl (C=O) groups is 2. The summed E-state index contributed by atoms with van der Waals surface area (Å²) in [5, 5.41) is 11.4. The normalized spacial score (nSPS) is 18.1. The molecule has 0 saturated carbocycles. The Morgan fingerprint density at radius 2 is 1.83 bits per heavy atom. The smallest absolute Gasteiger partial charge is 0.300 e. The van der Waals surface area contributed by atoms with Crippen LogP contribution < -0.4 is 9.64 Å². The Hall–Kier alpha value is -3.51. The molecule has 0 aliphatic carbocycles. The van der Waals surface area contributed by atoms with E-state index in [1.165, 1.54) is 18.1 Å². The maximum absolute atomic E-state index is 13.0. The number of amides is 1. The molecule has 0 bridgehead atoms. The van der Waals surface area contributed by atoms with Crippen molar-refractivity contribution in [3.8, 4) is 5.75 Å². The number of aliphatic hydroxyl groups excluding tert-OH is 1. The highest BCUT2D eigenvalue weighted by Gasteiger charge is 2.48. The Labute approximate surface area is 177 Å². The minimum Gasteiger partial charge on any atom is -0.507 e. The maximum Gasteiger partial charge on any atom is 0.300 e. The minimum absolute atomic E-state index is 0.0626. The third-order valence-electron chi connectivity index (χ3n) is 4.92. The van der Waals surface area contributed by atoms with E-state index in [2.05, 4.69) is 0 Å². The van der Waals surface area contributed by atoms with Gasteiger partial charge in [0.2, 0.25) is 0 Å². The van der Waals surface area contributed by atoms with Gasteiger partial charge in [0.15, 0.2) is 0 Å². The highest BCUT2D eigenvalue weighted by atomic mass is 35.5. The molecule has 1 atom stereocenters. The molecule has 1 aromatic heterocycles. The predicted molar refractivity (Wildman–Crippen MR) is 113 cm³/mol. The average molecular weight is 424 g/mol. The van der Waals surface area contributed by atoms with E-state index in [4.69, 9.17) is 20.8 Å². The van der Waals surface area contributed by atoms with E-state index < -0.39 is 17.7 Å². The number of ketones is 1. The fraction of sp³-hybridized carbons (Fsp3) is 0.130. The van der Waals surface area contributed by atoms with Gasteiger partial charge in [0.25, 0.3) is 11.7 Å². The first-order valence-electron chi connectivity index (χ1n) is 9.18. The molecule has 1 aliphatic rings. The van der Waals surface area contributed by atoms with Crippen LogP contribution in [0.15, 0.2) is 70.7 Å². The molecule has 7 heteroatoms. The number of anilines is 1. The van der Waals surface area contributed by atoms with Crippen molar-refractivity contribution in [2.24, 2.45) is 0 Å². The van der Waals surface area contributed by atoms with Gasteiger partial charge in [0, 0.05) is 16.3 Å². The third-order valence-corrected chi connectivity index (χ3v) is 5.16. The summed E-state index contributed by atoms with van der Waals surface area (Å²) in [5.41, 5.74) is 0.748. The van der Waals surface area contributed by atoms with Crippen molar-refractivity contribution in [1.82, 2.24) is 0 Å². The lowest BCUT2D eigenvalue weighted by Crippen LogP contribution is -2.29. The summed E-state index contributed by atoms with van der Waals surface area (Å²) in [7, 11) is 1.54. The Morgan fingerprint density at radius 1 is 1.10 bits per heavy atom. The predicted octanol–water partition coefficient (Wildman–Crippen LogP) is 4.88. The van der Waals surface area contributed by atoms with Crippen molar-refractivity contribution >= 4 is 34.7 Å². The largest absolute Gasteiger partial charge is 0.507 e. The SMILES string of the molecule is COc1ccc(N2C(=O)C(=O)/C(=C(\O)c3cccc(Cl)c3)C2c2ccc(C)o2)cc1. The van der Waals surface area contributed by atoms with Gasteiger partial charge >= 0.3 is 0 Å². The molecule has 1 unspecified atom stereocenters. The number of carbonyl (C=O) groups excluding carboxylic acids is 2. The maximum atomic E-state index is 13.0. The number of halogens is 1. The second kappa shape index (κ2) is 7.72. The Bertz CT molecular complexity index is 1160. The standard InChI is InChI=1S/C23H18ClNO5/c1-13-6-11-18(30-13)20-19(21(26)14-4-3-5-15(24)12-14)22(27)23(28)25(20)16-7-9-17(29-2)10-8-16/h3-12,20,26H,1-2H3/b21-19-. The number of methoxy groups -OCH3 is 1. The summed E-state index contributed by atoms with van der Waals surface area (Å²) in [6.45, 7) is 1.76. The Kier molecular flexibility index (Phi) is 5.10. The number of aryl methyl sites for hydroxylation is 1. The Morgan fingerprint density at radius 3 is 2.43 bits per heavy atom. The monoisotopic (exact) mass is 423 g/mol. The first-order chi connectivity index (χ1) is 14.4. The molecule has 3 aromatic rings. The third kappa shape index (κ3) is 3.35. The number of furan rings is 1. The quantitative estimate of drug-likeness (QED) is 0.367. The summed E-state index contributed by atoms with van der Waals surface area (Å²) in [4.78, 5) is 27.3. The van der Waals surface area contributed by atoms with Crippen molar-refractivity contribution in [3.63, 3.8) is 0 Å². The van der Waals surface area contributed by atoms with E-state index in [9.17, 15) is 14.7 Å². The van der Waals surface area contributed by atoms with E-state index in [1.807, 2.05) is 0 Å².